The molecule has 0 spiro atoms. The minimum absolute atomic E-state index is 0.00153. The van der Waals surface area contributed by atoms with Crippen LogP contribution in [0.5, 0.6) is 0 Å². The molecule has 1 aromatic carbocycles. The Hall–Kier alpha value is -2.63. The first-order valence-electron chi connectivity index (χ1n) is 7.90. The number of likely N-dealkylation sites (tertiary alicyclic amines) is 1. The molecule has 1 atom stereocenters. The fourth-order valence-electron chi connectivity index (χ4n) is 2.94. The van der Waals surface area contributed by atoms with Gasteiger partial charge in [-0.15, -0.1) is 0 Å². The summed E-state index contributed by atoms with van der Waals surface area (Å²) >= 11 is 0. The van der Waals surface area contributed by atoms with Crippen molar-refractivity contribution in [3.8, 4) is 0 Å². The number of carbonyl (C=O) groups excluding carboxylic acids is 2. The molecule has 6 heteroatoms. The molecule has 2 amide bonds. The van der Waals surface area contributed by atoms with Gasteiger partial charge in [0.1, 0.15) is 11.1 Å². The van der Waals surface area contributed by atoms with Crippen LogP contribution in [0.25, 0.3) is 11.0 Å². The number of nitrogens with one attached hydrogen (secondary N) is 1. The van der Waals surface area contributed by atoms with Gasteiger partial charge < -0.3 is 14.6 Å². The summed E-state index contributed by atoms with van der Waals surface area (Å²) in [6.45, 7) is 6.29. The van der Waals surface area contributed by atoms with Gasteiger partial charge in [-0.1, -0.05) is 18.2 Å². The van der Waals surface area contributed by atoms with Gasteiger partial charge in [0.2, 0.25) is 5.91 Å². The molecular formula is C18H20N2O4. The van der Waals surface area contributed by atoms with E-state index >= 15 is 0 Å². The third kappa shape index (κ3) is 3.04. The van der Waals surface area contributed by atoms with Crippen LogP contribution in [0.4, 0.5) is 0 Å². The van der Waals surface area contributed by atoms with Crippen molar-refractivity contribution in [3.63, 3.8) is 0 Å². The number of carbonyl (C=O) groups is 2. The van der Waals surface area contributed by atoms with Crippen LogP contribution in [-0.4, -0.2) is 34.8 Å². The lowest BCUT2D eigenvalue weighted by Crippen LogP contribution is -2.45. The van der Waals surface area contributed by atoms with Crippen molar-refractivity contribution >= 4 is 22.8 Å². The molecule has 1 unspecified atom stereocenters. The zero-order chi connectivity index (χ0) is 17.5. The van der Waals surface area contributed by atoms with Crippen molar-refractivity contribution in [2.75, 3.05) is 6.54 Å². The highest BCUT2D eigenvalue weighted by molar-refractivity contribution is 5.97. The van der Waals surface area contributed by atoms with Crippen LogP contribution in [0.3, 0.4) is 0 Å². The third-order valence-corrected chi connectivity index (χ3v) is 4.16. The summed E-state index contributed by atoms with van der Waals surface area (Å²) in [4.78, 5) is 38.3. The first-order chi connectivity index (χ1) is 11.3. The first-order valence-corrected chi connectivity index (χ1v) is 7.90. The highest BCUT2D eigenvalue weighted by Crippen LogP contribution is 2.22. The Morgan fingerprint density at radius 1 is 1.25 bits per heavy atom. The molecule has 0 radical (unpaired) electrons. The molecule has 1 aliphatic rings. The van der Waals surface area contributed by atoms with Crippen molar-refractivity contribution in [2.24, 2.45) is 0 Å². The lowest BCUT2D eigenvalue weighted by molar-refractivity contribution is -0.131. The SMILES string of the molecule is CC(C)(C)N1CC(NC(=O)c2cc3ccccc3oc2=O)CC1=O. The smallest absolute Gasteiger partial charge is 0.349 e. The molecule has 1 saturated heterocycles. The molecule has 1 fully saturated rings. The van der Waals surface area contributed by atoms with Crippen molar-refractivity contribution < 1.29 is 14.0 Å². The van der Waals surface area contributed by atoms with E-state index in [0.29, 0.717) is 17.5 Å². The fourth-order valence-corrected chi connectivity index (χ4v) is 2.94. The summed E-state index contributed by atoms with van der Waals surface area (Å²) in [5.41, 5.74) is -0.578. The Bertz CT molecular complexity index is 863. The van der Waals surface area contributed by atoms with Crippen LogP contribution < -0.4 is 10.9 Å². The second-order valence-corrected chi connectivity index (χ2v) is 7.04. The van der Waals surface area contributed by atoms with E-state index in [1.54, 1.807) is 29.2 Å². The van der Waals surface area contributed by atoms with Crippen LogP contribution in [-0.2, 0) is 4.79 Å². The van der Waals surface area contributed by atoms with Crippen LogP contribution in [0.15, 0.2) is 39.5 Å². The van der Waals surface area contributed by atoms with E-state index in [1.807, 2.05) is 20.8 Å². The number of amides is 2. The number of rotatable bonds is 2. The maximum absolute atomic E-state index is 12.4. The normalized spacial score (nSPS) is 18.2. The van der Waals surface area contributed by atoms with E-state index in [2.05, 4.69) is 5.32 Å². The van der Waals surface area contributed by atoms with Gasteiger partial charge in [-0.25, -0.2) is 4.79 Å². The summed E-state index contributed by atoms with van der Waals surface area (Å²) in [5.74, 6) is -0.513. The summed E-state index contributed by atoms with van der Waals surface area (Å²) in [6, 6.07) is 8.23. The van der Waals surface area contributed by atoms with Crippen molar-refractivity contribution in [1.29, 1.82) is 0 Å². The molecular weight excluding hydrogens is 308 g/mol. The number of para-hydroxylation sites is 1. The zero-order valence-corrected chi connectivity index (χ0v) is 14.0. The van der Waals surface area contributed by atoms with Gasteiger partial charge in [0.25, 0.3) is 5.91 Å². The van der Waals surface area contributed by atoms with Gasteiger partial charge in [0.15, 0.2) is 0 Å². The van der Waals surface area contributed by atoms with Crippen molar-refractivity contribution in [2.45, 2.75) is 38.8 Å². The minimum atomic E-state index is -0.678. The van der Waals surface area contributed by atoms with Gasteiger partial charge in [-0.3, -0.25) is 9.59 Å². The molecule has 0 saturated carbocycles. The monoisotopic (exact) mass is 328 g/mol. The Morgan fingerprint density at radius 3 is 2.62 bits per heavy atom. The van der Waals surface area contributed by atoms with Gasteiger partial charge in [-0.2, -0.15) is 0 Å². The maximum atomic E-state index is 12.4. The van der Waals surface area contributed by atoms with Gasteiger partial charge in [-0.05, 0) is 32.9 Å². The van der Waals surface area contributed by atoms with Gasteiger partial charge >= 0.3 is 5.63 Å². The third-order valence-electron chi connectivity index (χ3n) is 4.16. The lowest BCUT2D eigenvalue weighted by Gasteiger charge is -2.32. The zero-order valence-electron chi connectivity index (χ0n) is 14.0. The van der Waals surface area contributed by atoms with Crippen molar-refractivity contribution in [1.82, 2.24) is 10.2 Å². The topological polar surface area (TPSA) is 79.6 Å². The van der Waals surface area contributed by atoms with E-state index < -0.39 is 11.5 Å². The Balaban J connectivity index is 1.80. The van der Waals surface area contributed by atoms with E-state index in [9.17, 15) is 14.4 Å². The number of hydrogen-bond acceptors (Lipinski definition) is 4. The molecule has 0 aliphatic carbocycles. The van der Waals surface area contributed by atoms with E-state index in [-0.39, 0.29) is 29.5 Å². The van der Waals surface area contributed by atoms with E-state index in [0.717, 1.165) is 0 Å². The predicted molar refractivity (Wildman–Crippen MR) is 89.8 cm³/mol. The number of benzene rings is 1. The number of hydrogen-bond donors (Lipinski definition) is 1. The molecule has 1 aromatic heterocycles. The maximum Gasteiger partial charge on any atom is 0.349 e. The largest absolute Gasteiger partial charge is 0.422 e. The van der Waals surface area contributed by atoms with Crippen molar-refractivity contribution in [3.05, 3.63) is 46.3 Å². The van der Waals surface area contributed by atoms with Crippen LogP contribution in [0.2, 0.25) is 0 Å². The highest BCUT2D eigenvalue weighted by atomic mass is 16.4. The second-order valence-electron chi connectivity index (χ2n) is 7.04. The second kappa shape index (κ2) is 5.78. The Labute approximate surface area is 139 Å². The molecule has 126 valence electrons. The summed E-state index contributed by atoms with van der Waals surface area (Å²) < 4.78 is 5.18. The average molecular weight is 328 g/mol. The molecule has 1 N–H and O–H groups in total. The molecule has 6 nitrogen and oxygen atoms in total. The average Bonchev–Trinajstić information content (AvgIpc) is 2.87. The van der Waals surface area contributed by atoms with E-state index in [4.69, 9.17) is 4.42 Å². The minimum Gasteiger partial charge on any atom is -0.422 e. The molecule has 2 aromatic rings. The highest BCUT2D eigenvalue weighted by Gasteiger charge is 2.37. The molecule has 0 bridgehead atoms. The lowest BCUT2D eigenvalue weighted by atomic mass is 10.1. The molecule has 1 aliphatic heterocycles. The fraction of sp³-hybridized carbons (Fsp3) is 0.389. The standard InChI is InChI=1S/C18H20N2O4/c1-18(2,3)20-10-12(9-15(20)21)19-16(22)13-8-11-6-4-5-7-14(11)24-17(13)23/h4-8,12H,9-10H2,1-3H3,(H,19,22). The van der Waals surface area contributed by atoms with Gasteiger partial charge in [0, 0.05) is 23.9 Å². The molecule has 24 heavy (non-hydrogen) atoms. The summed E-state index contributed by atoms with van der Waals surface area (Å²) in [7, 11) is 0. The van der Waals surface area contributed by atoms with E-state index in [1.165, 1.54) is 6.07 Å². The van der Waals surface area contributed by atoms with Crippen LogP contribution in [0, 0.1) is 0 Å². The summed E-state index contributed by atoms with van der Waals surface area (Å²) in [6.07, 6.45) is 0.238. The predicted octanol–water partition coefficient (Wildman–Crippen LogP) is 1.92. The first kappa shape index (κ1) is 16.2. The quantitative estimate of drug-likeness (QED) is 0.854. The Kier molecular flexibility index (Phi) is 3.91. The van der Waals surface area contributed by atoms with Gasteiger partial charge in [0.05, 0.1) is 6.04 Å². The number of nitrogens with zero attached hydrogens (tertiary/aromatic N) is 1. The molecule has 2 heterocycles. The molecule has 3 rings (SSSR count). The summed E-state index contributed by atoms with van der Waals surface area (Å²) in [5, 5.41) is 3.45. The van der Waals surface area contributed by atoms with Crippen LogP contribution in [0.1, 0.15) is 37.6 Å². The number of fused-ring (bicyclic) bond motifs is 1. The van der Waals surface area contributed by atoms with Crippen LogP contribution >= 0.6 is 0 Å². The Morgan fingerprint density at radius 2 is 1.96 bits per heavy atom.